The van der Waals surface area contributed by atoms with Crippen molar-refractivity contribution in [2.45, 2.75) is 46.0 Å². The van der Waals surface area contributed by atoms with Crippen molar-refractivity contribution in [2.24, 2.45) is 0 Å². The maximum Gasteiger partial charge on any atom is 0.407 e. The fraction of sp³-hybridized carbons (Fsp3) is 0.412. The molecule has 0 spiro atoms. The highest BCUT2D eigenvalue weighted by molar-refractivity contribution is 5.67. The van der Waals surface area contributed by atoms with E-state index in [0.29, 0.717) is 13.1 Å². The summed E-state index contributed by atoms with van der Waals surface area (Å²) in [7, 11) is 0. The number of carbonyl (C=O) groups excluding carboxylic acids is 1. The largest absolute Gasteiger partial charge is 0.447 e. The first kappa shape index (κ1) is 17.0. The number of hydrogen-bond acceptors (Lipinski definition) is 5. The molecule has 6 nitrogen and oxygen atoms in total. The number of hydrogen-bond donors (Lipinski definition) is 2. The topological polar surface area (TPSA) is 76.4 Å². The number of ether oxygens (including phenoxy) is 1. The van der Waals surface area contributed by atoms with Crippen molar-refractivity contribution < 1.29 is 13.9 Å². The molecule has 1 aromatic carbocycles. The summed E-state index contributed by atoms with van der Waals surface area (Å²) in [6.45, 7) is 7.34. The van der Waals surface area contributed by atoms with E-state index in [9.17, 15) is 4.79 Å². The van der Waals surface area contributed by atoms with Gasteiger partial charge in [0.05, 0.1) is 12.7 Å². The van der Waals surface area contributed by atoms with E-state index in [2.05, 4.69) is 15.6 Å². The number of oxazole rings is 1. The molecule has 1 amide bonds. The van der Waals surface area contributed by atoms with Crippen molar-refractivity contribution in [3.05, 3.63) is 53.7 Å². The molecule has 0 fully saturated rings. The van der Waals surface area contributed by atoms with E-state index in [4.69, 9.17) is 9.15 Å². The van der Waals surface area contributed by atoms with E-state index < -0.39 is 11.7 Å². The minimum absolute atomic E-state index is 0.407. The fourth-order valence-corrected chi connectivity index (χ4v) is 1.92. The number of amides is 1. The fourth-order valence-electron chi connectivity index (χ4n) is 1.92. The molecule has 6 heteroatoms. The Hall–Kier alpha value is -2.34. The van der Waals surface area contributed by atoms with Crippen molar-refractivity contribution in [1.29, 1.82) is 0 Å². The van der Waals surface area contributed by atoms with Gasteiger partial charge in [0.2, 0.25) is 0 Å². The molecule has 2 rings (SSSR count). The van der Waals surface area contributed by atoms with Gasteiger partial charge in [-0.15, -0.1) is 0 Å². The Bertz CT molecular complexity index is 601. The summed E-state index contributed by atoms with van der Waals surface area (Å²) < 4.78 is 10.4. The van der Waals surface area contributed by atoms with Gasteiger partial charge in [-0.1, -0.05) is 24.3 Å². The summed E-state index contributed by atoms with van der Waals surface area (Å²) in [6.07, 6.45) is 2.71. The Kier molecular flexibility index (Phi) is 5.76. The van der Waals surface area contributed by atoms with Crippen molar-refractivity contribution in [3.8, 4) is 0 Å². The Balaban J connectivity index is 1.72. The van der Waals surface area contributed by atoms with Gasteiger partial charge in [0.15, 0.2) is 6.39 Å². The summed E-state index contributed by atoms with van der Waals surface area (Å²) in [6, 6.07) is 8.03. The first-order valence-electron chi connectivity index (χ1n) is 7.55. The van der Waals surface area contributed by atoms with Gasteiger partial charge in [0.1, 0.15) is 11.4 Å². The smallest absolute Gasteiger partial charge is 0.407 e. The van der Waals surface area contributed by atoms with Crippen LogP contribution in [0.5, 0.6) is 0 Å². The monoisotopic (exact) mass is 317 g/mol. The number of nitrogens with one attached hydrogen (secondary N) is 2. The lowest BCUT2D eigenvalue weighted by molar-refractivity contribution is 0.0523. The van der Waals surface area contributed by atoms with E-state index in [1.807, 2.05) is 45.0 Å². The lowest BCUT2D eigenvalue weighted by atomic mass is 10.1. The maximum atomic E-state index is 11.6. The standard InChI is InChI=1S/C17H23N3O3/c1-17(2,3)23-16(21)20-9-14-6-4-13(5-7-14)8-18-10-15-11-19-12-22-15/h4-7,11-12,18H,8-10H2,1-3H3,(H,20,21). The lowest BCUT2D eigenvalue weighted by Crippen LogP contribution is -2.32. The minimum Gasteiger partial charge on any atom is -0.447 e. The molecule has 1 heterocycles. The van der Waals surface area contributed by atoms with Crippen LogP contribution in [0.4, 0.5) is 4.79 Å². The third-order valence-electron chi connectivity index (χ3n) is 2.97. The van der Waals surface area contributed by atoms with Crippen molar-refractivity contribution in [2.75, 3.05) is 0 Å². The second-order valence-corrected chi connectivity index (χ2v) is 6.24. The molecule has 0 saturated heterocycles. The highest BCUT2D eigenvalue weighted by atomic mass is 16.6. The molecule has 0 unspecified atom stereocenters. The van der Waals surface area contributed by atoms with Gasteiger partial charge in [0, 0.05) is 13.1 Å². The quantitative estimate of drug-likeness (QED) is 0.856. The van der Waals surface area contributed by atoms with Crippen LogP contribution in [0.2, 0.25) is 0 Å². The molecular weight excluding hydrogens is 294 g/mol. The average molecular weight is 317 g/mol. The van der Waals surface area contributed by atoms with Gasteiger partial charge in [-0.25, -0.2) is 9.78 Å². The van der Waals surface area contributed by atoms with Crippen LogP contribution in [-0.2, 0) is 24.4 Å². The molecule has 2 aromatic rings. The Morgan fingerprint density at radius 1 is 1.13 bits per heavy atom. The van der Waals surface area contributed by atoms with Crippen LogP contribution >= 0.6 is 0 Å². The second-order valence-electron chi connectivity index (χ2n) is 6.24. The van der Waals surface area contributed by atoms with Gasteiger partial charge in [-0.3, -0.25) is 0 Å². The molecule has 1 aromatic heterocycles. The molecule has 23 heavy (non-hydrogen) atoms. The van der Waals surface area contributed by atoms with Crippen LogP contribution < -0.4 is 10.6 Å². The average Bonchev–Trinajstić information content (AvgIpc) is 2.98. The van der Waals surface area contributed by atoms with Gasteiger partial charge < -0.3 is 19.8 Å². The van der Waals surface area contributed by atoms with E-state index in [1.165, 1.54) is 6.39 Å². The summed E-state index contributed by atoms with van der Waals surface area (Å²) in [5, 5.41) is 6.02. The molecule has 0 aliphatic rings. The maximum absolute atomic E-state index is 11.6. The number of benzene rings is 1. The zero-order chi connectivity index (χ0) is 16.7. The number of aromatic nitrogens is 1. The van der Waals surface area contributed by atoms with Crippen LogP contribution in [0.3, 0.4) is 0 Å². The first-order chi connectivity index (χ1) is 10.9. The predicted octanol–water partition coefficient (Wildman–Crippen LogP) is 2.99. The summed E-state index contributed by atoms with van der Waals surface area (Å²) in [5.74, 6) is 0.809. The zero-order valence-corrected chi connectivity index (χ0v) is 13.8. The number of alkyl carbamates (subject to hydrolysis) is 1. The molecule has 0 aliphatic heterocycles. The molecule has 0 atom stereocenters. The molecule has 2 N–H and O–H groups in total. The Labute approximate surface area is 136 Å². The van der Waals surface area contributed by atoms with Gasteiger partial charge in [-0.2, -0.15) is 0 Å². The van der Waals surface area contributed by atoms with Crippen LogP contribution in [0.25, 0.3) is 0 Å². The zero-order valence-electron chi connectivity index (χ0n) is 13.8. The third kappa shape index (κ3) is 6.52. The molecule has 0 bridgehead atoms. The number of nitrogens with zero attached hydrogens (tertiary/aromatic N) is 1. The first-order valence-corrected chi connectivity index (χ1v) is 7.55. The van der Waals surface area contributed by atoms with Crippen LogP contribution in [0, 0.1) is 0 Å². The van der Waals surface area contributed by atoms with Gasteiger partial charge >= 0.3 is 6.09 Å². The highest BCUT2D eigenvalue weighted by Gasteiger charge is 2.15. The summed E-state index contributed by atoms with van der Waals surface area (Å²) in [4.78, 5) is 15.5. The highest BCUT2D eigenvalue weighted by Crippen LogP contribution is 2.08. The number of carbonyl (C=O) groups is 1. The molecular formula is C17H23N3O3. The van der Waals surface area contributed by atoms with E-state index in [-0.39, 0.29) is 0 Å². The van der Waals surface area contributed by atoms with Crippen LogP contribution in [0.1, 0.15) is 37.7 Å². The summed E-state index contributed by atoms with van der Waals surface area (Å²) in [5.41, 5.74) is 1.70. The van der Waals surface area contributed by atoms with Crippen molar-refractivity contribution >= 4 is 6.09 Å². The predicted molar refractivity (Wildman–Crippen MR) is 86.6 cm³/mol. The number of rotatable bonds is 6. The molecule has 0 radical (unpaired) electrons. The lowest BCUT2D eigenvalue weighted by Gasteiger charge is -2.19. The SMILES string of the molecule is CC(C)(C)OC(=O)NCc1ccc(CNCc2cnco2)cc1. The third-order valence-corrected chi connectivity index (χ3v) is 2.97. The van der Waals surface area contributed by atoms with Gasteiger partial charge in [0.25, 0.3) is 0 Å². The van der Waals surface area contributed by atoms with E-state index in [0.717, 1.165) is 23.4 Å². The molecule has 0 saturated carbocycles. The van der Waals surface area contributed by atoms with E-state index >= 15 is 0 Å². The van der Waals surface area contributed by atoms with Crippen molar-refractivity contribution in [1.82, 2.24) is 15.6 Å². The van der Waals surface area contributed by atoms with Crippen molar-refractivity contribution in [3.63, 3.8) is 0 Å². The molecule has 0 aliphatic carbocycles. The van der Waals surface area contributed by atoms with Crippen LogP contribution in [0.15, 0.2) is 41.3 Å². The van der Waals surface area contributed by atoms with Gasteiger partial charge in [-0.05, 0) is 31.9 Å². The Morgan fingerprint density at radius 3 is 2.35 bits per heavy atom. The molecule has 124 valence electrons. The minimum atomic E-state index is -0.483. The second kappa shape index (κ2) is 7.78. The van der Waals surface area contributed by atoms with Crippen LogP contribution in [-0.4, -0.2) is 16.7 Å². The summed E-state index contributed by atoms with van der Waals surface area (Å²) >= 11 is 0. The Morgan fingerprint density at radius 2 is 1.78 bits per heavy atom. The van der Waals surface area contributed by atoms with E-state index in [1.54, 1.807) is 6.20 Å². The normalized spacial score (nSPS) is 11.3.